The van der Waals surface area contributed by atoms with Crippen LogP contribution >= 0.6 is 0 Å². The summed E-state index contributed by atoms with van der Waals surface area (Å²) in [6, 6.07) is 23.7. The van der Waals surface area contributed by atoms with Gasteiger partial charge in [0.1, 0.15) is 5.54 Å². The van der Waals surface area contributed by atoms with Gasteiger partial charge in [-0.25, -0.2) is 0 Å². The van der Waals surface area contributed by atoms with Crippen molar-refractivity contribution in [2.75, 3.05) is 6.54 Å². The van der Waals surface area contributed by atoms with E-state index in [2.05, 4.69) is 22.4 Å². The number of aliphatic carboxylic acids is 1. The number of fused-ring (bicyclic) bond motifs is 1. The van der Waals surface area contributed by atoms with Gasteiger partial charge >= 0.3 is 5.97 Å². The topological polar surface area (TPSA) is 82.2 Å². The molecule has 4 aromatic rings. The van der Waals surface area contributed by atoms with Crippen molar-refractivity contribution >= 4 is 22.7 Å². The van der Waals surface area contributed by atoms with Crippen molar-refractivity contribution in [2.45, 2.75) is 45.1 Å². The predicted molar refractivity (Wildman–Crippen MR) is 140 cm³/mol. The van der Waals surface area contributed by atoms with E-state index in [9.17, 15) is 14.7 Å². The number of rotatable bonds is 11. The van der Waals surface area contributed by atoms with Crippen molar-refractivity contribution in [2.24, 2.45) is 0 Å². The van der Waals surface area contributed by atoms with Crippen molar-refractivity contribution in [3.05, 3.63) is 107 Å². The summed E-state index contributed by atoms with van der Waals surface area (Å²) in [6.07, 6.45) is 4.02. The first-order valence-electron chi connectivity index (χ1n) is 12.1. The van der Waals surface area contributed by atoms with Crippen LogP contribution in [0.15, 0.2) is 79.0 Å². The summed E-state index contributed by atoms with van der Waals surface area (Å²) < 4.78 is 0. The van der Waals surface area contributed by atoms with Gasteiger partial charge in [0.15, 0.2) is 5.78 Å². The Balaban J connectivity index is 1.59. The fourth-order valence-corrected chi connectivity index (χ4v) is 4.83. The van der Waals surface area contributed by atoms with Crippen LogP contribution in [0.4, 0.5) is 0 Å². The number of para-hydroxylation sites is 1. The Morgan fingerprint density at radius 2 is 1.63 bits per heavy atom. The standard InChI is InChI=1S/C30H32N2O3/c1-21-15-22(2)17-24(16-21)28(33)20-32-30(29(34)35,14-8-11-23-9-4-3-5-10-23)18-25-19-31-27-13-7-6-12-26(25)27/h3-7,9-10,12-13,15-17,19,31-32H,8,11,14,18,20H2,1-2H3,(H,34,35). The molecule has 0 spiro atoms. The lowest BCUT2D eigenvalue weighted by molar-refractivity contribution is -0.145. The van der Waals surface area contributed by atoms with Crippen molar-refractivity contribution in [1.82, 2.24) is 10.3 Å². The lowest BCUT2D eigenvalue weighted by Crippen LogP contribution is -2.55. The molecule has 3 aromatic carbocycles. The van der Waals surface area contributed by atoms with Crippen molar-refractivity contribution in [3.8, 4) is 0 Å². The zero-order valence-corrected chi connectivity index (χ0v) is 20.3. The number of hydrogen-bond acceptors (Lipinski definition) is 3. The van der Waals surface area contributed by atoms with Gasteiger partial charge in [0.25, 0.3) is 0 Å². The number of aromatic nitrogens is 1. The van der Waals surface area contributed by atoms with Crippen LogP contribution in [-0.2, 0) is 17.6 Å². The number of H-pyrrole nitrogens is 1. The molecule has 5 heteroatoms. The molecule has 0 saturated heterocycles. The molecule has 0 saturated carbocycles. The fourth-order valence-electron chi connectivity index (χ4n) is 4.83. The first-order valence-corrected chi connectivity index (χ1v) is 12.1. The van der Waals surface area contributed by atoms with E-state index < -0.39 is 11.5 Å². The highest BCUT2D eigenvalue weighted by Crippen LogP contribution is 2.27. The molecule has 3 N–H and O–H groups in total. The van der Waals surface area contributed by atoms with Gasteiger partial charge in [0.05, 0.1) is 6.54 Å². The minimum absolute atomic E-state index is 0.0388. The van der Waals surface area contributed by atoms with Gasteiger partial charge in [-0.2, -0.15) is 0 Å². The summed E-state index contributed by atoms with van der Waals surface area (Å²) in [6.45, 7) is 3.88. The Hall–Kier alpha value is -3.70. The molecule has 0 aliphatic carbocycles. The van der Waals surface area contributed by atoms with Crippen LogP contribution in [0.25, 0.3) is 10.9 Å². The number of ketones is 1. The fraction of sp³-hybridized carbons (Fsp3) is 0.267. The second kappa shape index (κ2) is 10.7. The second-order valence-corrected chi connectivity index (χ2v) is 9.42. The van der Waals surface area contributed by atoms with Crippen LogP contribution in [0.3, 0.4) is 0 Å². The molecule has 0 aliphatic heterocycles. The van der Waals surface area contributed by atoms with Gasteiger partial charge in [-0.15, -0.1) is 0 Å². The van der Waals surface area contributed by atoms with Crippen molar-refractivity contribution < 1.29 is 14.7 Å². The number of carboxylic acids is 1. The summed E-state index contributed by atoms with van der Waals surface area (Å²) in [7, 11) is 0. The summed E-state index contributed by atoms with van der Waals surface area (Å²) >= 11 is 0. The highest BCUT2D eigenvalue weighted by atomic mass is 16.4. The van der Waals surface area contributed by atoms with Crippen LogP contribution in [-0.4, -0.2) is 33.9 Å². The summed E-state index contributed by atoms with van der Waals surface area (Å²) in [4.78, 5) is 29.1. The molecule has 0 aliphatic rings. The molecule has 0 bridgehead atoms. The van der Waals surface area contributed by atoms with Crippen LogP contribution in [0.5, 0.6) is 0 Å². The normalized spacial score (nSPS) is 13.0. The second-order valence-electron chi connectivity index (χ2n) is 9.42. The molecule has 1 heterocycles. The molecule has 0 radical (unpaired) electrons. The maximum atomic E-state index is 13.1. The molecule has 180 valence electrons. The molecule has 0 amide bonds. The molecule has 1 aromatic heterocycles. The number of nitrogens with one attached hydrogen (secondary N) is 2. The van der Waals surface area contributed by atoms with Gasteiger partial charge in [0, 0.05) is 29.1 Å². The predicted octanol–water partition coefficient (Wildman–Crippen LogP) is 5.65. The van der Waals surface area contributed by atoms with Crippen LogP contribution in [0.2, 0.25) is 0 Å². The van der Waals surface area contributed by atoms with E-state index in [4.69, 9.17) is 0 Å². The Bertz CT molecular complexity index is 1310. The number of aryl methyl sites for hydroxylation is 3. The van der Waals surface area contributed by atoms with E-state index in [-0.39, 0.29) is 18.7 Å². The number of carbonyl (C=O) groups is 2. The Morgan fingerprint density at radius 3 is 2.34 bits per heavy atom. The van der Waals surface area contributed by atoms with Gasteiger partial charge in [-0.05, 0) is 62.4 Å². The lowest BCUT2D eigenvalue weighted by Gasteiger charge is -2.31. The van der Waals surface area contributed by atoms with E-state index in [1.54, 1.807) is 0 Å². The van der Waals surface area contributed by atoms with E-state index in [0.29, 0.717) is 18.4 Å². The first-order chi connectivity index (χ1) is 16.9. The SMILES string of the molecule is Cc1cc(C)cc(C(=O)CNC(CCCc2ccccc2)(Cc2c[nH]c3ccccc23)C(=O)O)c1. The minimum Gasteiger partial charge on any atom is -0.480 e. The monoisotopic (exact) mass is 468 g/mol. The minimum atomic E-state index is -1.27. The number of carboxylic acid groups (broad SMARTS) is 1. The summed E-state index contributed by atoms with van der Waals surface area (Å²) in [5, 5.41) is 14.7. The Labute approximate surface area is 206 Å². The zero-order chi connectivity index (χ0) is 24.8. The van der Waals surface area contributed by atoms with Crippen LogP contribution in [0.1, 0.15) is 45.5 Å². The average Bonchev–Trinajstić information content (AvgIpc) is 3.24. The molecule has 1 unspecified atom stereocenters. The van der Waals surface area contributed by atoms with Gasteiger partial charge < -0.3 is 10.1 Å². The van der Waals surface area contributed by atoms with Gasteiger partial charge in [0.2, 0.25) is 0 Å². The number of hydrogen-bond donors (Lipinski definition) is 3. The smallest absolute Gasteiger partial charge is 0.324 e. The van der Waals surface area contributed by atoms with E-state index in [1.807, 2.05) is 80.7 Å². The lowest BCUT2D eigenvalue weighted by atomic mass is 9.84. The zero-order valence-electron chi connectivity index (χ0n) is 20.3. The van der Waals surface area contributed by atoms with E-state index in [0.717, 1.165) is 34.0 Å². The van der Waals surface area contributed by atoms with Crippen LogP contribution in [0, 0.1) is 13.8 Å². The number of aromatic amines is 1. The summed E-state index contributed by atoms with van der Waals surface area (Å²) in [5.74, 6) is -1.05. The average molecular weight is 469 g/mol. The highest BCUT2D eigenvalue weighted by molar-refractivity contribution is 5.98. The third kappa shape index (κ3) is 5.87. The first kappa shape index (κ1) is 24.4. The molecular formula is C30H32N2O3. The van der Waals surface area contributed by atoms with Gasteiger partial charge in [-0.3, -0.25) is 14.9 Å². The van der Waals surface area contributed by atoms with Crippen molar-refractivity contribution in [1.29, 1.82) is 0 Å². The largest absolute Gasteiger partial charge is 0.480 e. The van der Waals surface area contributed by atoms with E-state index in [1.165, 1.54) is 5.56 Å². The third-order valence-electron chi connectivity index (χ3n) is 6.62. The molecular weight excluding hydrogens is 436 g/mol. The molecule has 5 nitrogen and oxygen atoms in total. The number of Topliss-reactive ketones (excluding diaryl/α,β-unsaturated/α-hetero) is 1. The summed E-state index contributed by atoms with van der Waals surface area (Å²) in [5.41, 5.74) is 4.43. The molecule has 1 atom stereocenters. The Kier molecular flexibility index (Phi) is 7.47. The van der Waals surface area contributed by atoms with Crippen LogP contribution < -0.4 is 5.32 Å². The Morgan fingerprint density at radius 1 is 0.943 bits per heavy atom. The molecule has 35 heavy (non-hydrogen) atoms. The number of benzene rings is 3. The molecule has 0 fully saturated rings. The maximum absolute atomic E-state index is 13.1. The number of carbonyl (C=O) groups excluding carboxylic acids is 1. The van der Waals surface area contributed by atoms with Crippen molar-refractivity contribution in [3.63, 3.8) is 0 Å². The maximum Gasteiger partial charge on any atom is 0.324 e. The quantitative estimate of drug-likeness (QED) is 0.249. The molecule has 4 rings (SSSR count). The van der Waals surface area contributed by atoms with Gasteiger partial charge in [-0.1, -0.05) is 65.7 Å². The highest BCUT2D eigenvalue weighted by Gasteiger charge is 2.39. The third-order valence-corrected chi connectivity index (χ3v) is 6.62. The van der Waals surface area contributed by atoms with E-state index >= 15 is 0 Å².